The van der Waals surface area contributed by atoms with E-state index in [1.807, 2.05) is 18.2 Å². The second kappa shape index (κ2) is 3.71. The summed E-state index contributed by atoms with van der Waals surface area (Å²) in [6, 6.07) is 6.03. The first-order chi connectivity index (χ1) is 6.72. The summed E-state index contributed by atoms with van der Waals surface area (Å²) in [5.74, 6) is 0. The molecule has 0 saturated carbocycles. The van der Waals surface area contributed by atoms with E-state index in [0.717, 1.165) is 27.5 Å². The van der Waals surface area contributed by atoms with E-state index in [4.69, 9.17) is 5.73 Å². The molecular formula is C10H12BrN3. The van der Waals surface area contributed by atoms with Crippen molar-refractivity contribution in [1.29, 1.82) is 0 Å². The summed E-state index contributed by atoms with van der Waals surface area (Å²) in [6.45, 7) is 2.06. The van der Waals surface area contributed by atoms with Gasteiger partial charge in [0.05, 0.1) is 11.2 Å². The zero-order chi connectivity index (χ0) is 10.1. The van der Waals surface area contributed by atoms with Gasteiger partial charge in [0.25, 0.3) is 0 Å². The average molecular weight is 254 g/mol. The Morgan fingerprint density at radius 2 is 2.36 bits per heavy atom. The molecule has 0 fully saturated rings. The molecule has 0 aliphatic heterocycles. The summed E-state index contributed by atoms with van der Waals surface area (Å²) in [7, 11) is 0. The number of nitrogens with one attached hydrogen (secondary N) is 1. The molecule has 3 nitrogen and oxygen atoms in total. The molecule has 1 unspecified atom stereocenters. The molecule has 2 aromatic rings. The largest absolute Gasteiger partial charge is 0.323 e. The average Bonchev–Trinajstić information content (AvgIpc) is 2.59. The SMILES string of the molecule is CCC(N)c1[nH]nc2ccc(Br)cc12. The minimum atomic E-state index is 0.0364. The molecule has 0 amide bonds. The number of nitrogens with two attached hydrogens (primary N) is 1. The second-order valence-corrected chi connectivity index (χ2v) is 4.23. The maximum absolute atomic E-state index is 5.97. The van der Waals surface area contributed by atoms with Gasteiger partial charge in [-0.15, -0.1) is 0 Å². The van der Waals surface area contributed by atoms with E-state index in [2.05, 4.69) is 33.1 Å². The van der Waals surface area contributed by atoms with Crippen molar-refractivity contribution in [2.24, 2.45) is 5.73 Å². The number of benzene rings is 1. The summed E-state index contributed by atoms with van der Waals surface area (Å²) in [4.78, 5) is 0. The van der Waals surface area contributed by atoms with Crippen molar-refractivity contribution in [3.8, 4) is 0 Å². The van der Waals surface area contributed by atoms with Crippen molar-refractivity contribution < 1.29 is 0 Å². The van der Waals surface area contributed by atoms with E-state index in [1.54, 1.807) is 0 Å². The van der Waals surface area contributed by atoms with Crippen LogP contribution < -0.4 is 5.73 Å². The van der Waals surface area contributed by atoms with Crippen molar-refractivity contribution in [3.05, 3.63) is 28.4 Å². The van der Waals surface area contributed by atoms with Crippen LogP contribution in [0.2, 0.25) is 0 Å². The van der Waals surface area contributed by atoms with Crippen LogP contribution in [-0.2, 0) is 0 Å². The smallest absolute Gasteiger partial charge is 0.0925 e. The van der Waals surface area contributed by atoms with Gasteiger partial charge in [-0.3, -0.25) is 5.10 Å². The third-order valence-electron chi connectivity index (χ3n) is 2.36. The predicted octanol–water partition coefficient (Wildman–Crippen LogP) is 2.74. The number of halogens is 1. The fourth-order valence-corrected chi connectivity index (χ4v) is 1.85. The fraction of sp³-hybridized carbons (Fsp3) is 0.300. The molecule has 14 heavy (non-hydrogen) atoms. The van der Waals surface area contributed by atoms with Crippen LogP contribution >= 0.6 is 15.9 Å². The van der Waals surface area contributed by atoms with Crippen LogP contribution in [0.1, 0.15) is 25.1 Å². The highest BCUT2D eigenvalue weighted by molar-refractivity contribution is 9.10. The summed E-state index contributed by atoms with van der Waals surface area (Å²) in [5, 5.41) is 8.30. The number of aromatic amines is 1. The fourth-order valence-electron chi connectivity index (χ4n) is 1.49. The number of H-pyrrole nitrogens is 1. The Morgan fingerprint density at radius 1 is 1.57 bits per heavy atom. The van der Waals surface area contributed by atoms with Crippen LogP contribution in [0.5, 0.6) is 0 Å². The monoisotopic (exact) mass is 253 g/mol. The second-order valence-electron chi connectivity index (χ2n) is 3.31. The lowest BCUT2D eigenvalue weighted by atomic mass is 10.1. The van der Waals surface area contributed by atoms with Gasteiger partial charge in [0.1, 0.15) is 0 Å². The number of nitrogens with zero attached hydrogens (tertiary/aromatic N) is 1. The topological polar surface area (TPSA) is 54.7 Å². The Kier molecular flexibility index (Phi) is 2.56. The Morgan fingerprint density at radius 3 is 3.07 bits per heavy atom. The van der Waals surface area contributed by atoms with E-state index in [9.17, 15) is 0 Å². The van der Waals surface area contributed by atoms with Gasteiger partial charge < -0.3 is 5.73 Å². The summed E-state index contributed by atoms with van der Waals surface area (Å²) < 4.78 is 1.05. The summed E-state index contributed by atoms with van der Waals surface area (Å²) in [6.07, 6.45) is 0.907. The maximum Gasteiger partial charge on any atom is 0.0925 e. The number of hydrogen-bond acceptors (Lipinski definition) is 2. The normalized spacial score (nSPS) is 13.4. The highest BCUT2D eigenvalue weighted by Crippen LogP contribution is 2.25. The summed E-state index contributed by atoms with van der Waals surface area (Å²) >= 11 is 3.44. The lowest BCUT2D eigenvalue weighted by Crippen LogP contribution is -2.09. The van der Waals surface area contributed by atoms with Crippen molar-refractivity contribution >= 4 is 26.8 Å². The standard InChI is InChI=1S/C10H12BrN3/c1-2-8(12)10-7-5-6(11)3-4-9(7)13-14-10/h3-5,8H,2,12H2,1H3,(H,13,14). The van der Waals surface area contributed by atoms with Gasteiger partial charge in [-0.2, -0.15) is 5.10 Å². The van der Waals surface area contributed by atoms with E-state index >= 15 is 0 Å². The van der Waals surface area contributed by atoms with Crippen molar-refractivity contribution in [3.63, 3.8) is 0 Å². The van der Waals surface area contributed by atoms with Gasteiger partial charge in [-0.25, -0.2) is 0 Å². The number of rotatable bonds is 2. The lowest BCUT2D eigenvalue weighted by molar-refractivity contribution is 0.676. The van der Waals surface area contributed by atoms with Gasteiger partial charge in [0, 0.05) is 15.9 Å². The van der Waals surface area contributed by atoms with Gasteiger partial charge >= 0.3 is 0 Å². The van der Waals surface area contributed by atoms with Gasteiger partial charge in [-0.05, 0) is 24.6 Å². The molecule has 1 aromatic carbocycles. The minimum Gasteiger partial charge on any atom is -0.323 e. The lowest BCUT2D eigenvalue weighted by Gasteiger charge is -2.05. The third kappa shape index (κ3) is 1.55. The Hall–Kier alpha value is -0.870. The Bertz CT molecular complexity index is 450. The van der Waals surface area contributed by atoms with E-state index < -0.39 is 0 Å². The van der Waals surface area contributed by atoms with Crippen LogP contribution in [-0.4, -0.2) is 10.2 Å². The number of aromatic nitrogens is 2. The first-order valence-electron chi connectivity index (χ1n) is 4.61. The zero-order valence-corrected chi connectivity index (χ0v) is 9.51. The molecule has 0 saturated heterocycles. The van der Waals surface area contributed by atoms with E-state index in [0.29, 0.717) is 0 Å². The van der Waals surface area contributed by atoms with E-state index in [1.165, 1.54) is 0 Å². The molecule has 0 aliphatic carbocycles. The predicted molar refractivity (Wildman–Crippen MR) is 61.0 cm³/mol. The van der Waals surface area contributed by atoms with Gasteiger partial charge in [0.2, 0.25) is 0 Å². The number of hydrogen-bond donors (Lipinski definition) is 2. The summed E-state index contributed by atoms with van der Waals surface area (Å²) in [5.41, 5.74) is 7.95. The molecule has 0 bridgehead atoms. The molecular weight excluding hydrogens is 242 g/mol. The van der Waals surface area contributed by atoms with Crippen LogP contribution in [0, 0.1) is 0 Å². The van der Waals surface area contributed by atoms with Crippen molar-refractivity contribution in [2.45, 2.75) is 19.4 Å². The molecule has 1 atom stereocenters. The van der Waals surface area contributed by atoms with Gasteiger partial charge in [0.15, 0.2) is 0 Å². The first kappa shape index (κ1) is 9.68. The molecule has 0 spiro atoms. The molecule has 1 aromatic heterocycles. The molecule has 3 N–H and O–H groups in total. The van der Waals surface area contributed by atoms with Crippen molar-refractivity contribution in [2.75, 3.05) is 0 Å². The molecule has 74 valence electrons. The van der Waals surface area contributed by atoms with Crippen LogP contribution in [0.25, 0.3) is 10.9 Å². The highest BCUT2D eigenvalue weighted by Gasteiger charge is 2.11. The third-order valence-corrected chi connectivity index (χ3v) is 2.85. The molecule has 1 heterocycles. The van der Waals surface area contributed by atoms with Crippen LogP contribution in [0.3, 0.4) is 0 Å². The van der Waals surface area contributed by atoms with Crippen LogP contribution in [0.15, 0.2) is 22.7 Å². The highest BCUT2D eigenvalue weighted by atomic mass is 79.9. The quantitative estimate of drug-likeness (QED) is 0.865. The Labute approximate surface area is 90.8 Å². The Balaban J connectivity index is 2.61. The zero-order valence-electron chi connectivity index (χ0n) is 7.92. The van der Waals surface area contributed by atoms with Gasteiger partial charge in [-0.1, -0.05) is 22.9 Å². The van der Waals surface area contributed by atoms with E-state index in [-0.39, 0.29) is 6.04 Å². The molecule has 2 rings (SSSR count). The first-order valence-corrected chi connectivity index (χ1v) is 5.40. The molecule has 4 heteroatoms. The molecule has 0 aliphatic rings. The number of fused-ring (bicyclic) bond motifs is 1. The van der Waals surface area contributed by atoms with Crippen LogP contribution in [0.4, 0.5) is 0 Å². The maximum atomic E-state index is 5.97. The molecule has 0 radical (unpaired) electrons. The minimum absolute atomic E-state index is 0.0364. The van der Waals surface area contributed by atoms with Crippen molar-refractivity contribution in [1.82, 2.24) is 10.2 Å².